The van der Waals surface area contributed by atoms with Crippen molar-refractivity contribution in [3.05, 3.63) is 71.4 Å². The minimum atomic E-state index is 1.02. The van der Waals surface area contributed by atoms with Gasteiger partial charge in [-0.3, -0.25) is 0 Å². The van der Waals surface area contributed by atoms with Crippen molar-refractivity contribution in [1.29, 1.82) is 0 Å². The lowest BCUT2D eigenvalue weighted by Gasteiger charge is -2.33. The molecule has 3 aromatic rings. The average molecular weight is 733 g/mol. The molecule has 3 aromatic carbocycles. The molecule has 54 heavy (non-hydrogen) atoms. The minimum absolute atomic E-state index is 1.02. The minimum Gasteiger partial charge on any atom is -0.338 e. The first kappa shape index (κ1) is 42.0. The molecule has 2 aliphatic heterocycles. The van der Waals surface area contributed by atoms with Gasteiger partial charge in [-0.15, -0.1) is 0 Å². The molecule has 4 nitrogen and oxygen atoms in total. The van der Waals surface area contributed by atoms with Crippen molar-refractivity contribution in [3.63, 3.8) is 0 Å². The van der Waals surface area contributed by atoms with Gasteiger partial charge in [-0.25, -0.2) is 9.98 Å². The van der Waals surface area contributed by atoms with Gasteiger partial charge in [-0.2, -0.15) is 0 Å². The predicted octanol–water partition coefficient (Wildman–Crippen LogP) is 15.5. The van der Waals surface area contributed by atoms with Crippen molar-refractivity contribution < 1.29 is 0 Å². The van der Waals surface area contributed by atoms with Crippen molar-refractivity contribution in [2.45, 2.75) is 194 Å². The Morgan fingerprint density at radius 1 is 0.333 bits per heavy atom. The largest absolute Gasteiger partial charge is 0.338 e. The van der Waals surface area contributed by atoms with E-state index in [2.05, 4.69) is 84.3 Å². The van der Waals surface area contributed by atoms with Gasteiger partial charge >= 0.3 is 0 Å². The highest BCUT2D eigenvalue weighted by molar-refractivity contribution is 5.81. The first-order valence-corrected chi connectivity index (χ1v) is 23.1. The zero-order valence-electron chi connectivity index (χ0n) is 34.8. The fraction of sp³-hybridized carbons (Fsp3) is 0.640. The van der Waals surface area contributed by atoms with E-state index in [1.807, 2.05) is 0 Å². The monoisotopic (exact) mass is 733 g/mol. The van der Waals surface area contributed by atoms with Gasteiger partial charge in [0, 0.05) is 13.1 Å². The van der Waals surface area contributed by atoms with Crippen LogP contribution >= 0.6 is 0 Å². The molecule has 0 amide bonds. The standard InChI is InChI=1S/C50H76N4/c1-3-5-7-9-11-13-15-17-19-21-23-25-27-33-39-53-47-37-31-29-35-43(47)51-45-42-50-46(41-49(45)53)52-44-36-30-32-38-48(44)54(50)40-34-28-26-24-22-20-18-16-14-12-10-8-6-4-2/h29-32,35-38,41-42H,3-28,33-34,39-40H2,1-2H3. The third kappa shape index (κ3) is 13.6. The highest BCUT2D eigenvalue weighted by Gasteiger charge is 2.24. The van der Waals surface area contributed by atoms with Gasteiger partial charge in [0.1, 0.15) is 0 Å². The highest BCUT2D eigenvalue weighted by Crippen LogP contribution is 2.39. The van der Waals surface area contributed by atoms with E-state index in [4.69, 9.17) is 9.98 Å². The van der Waals surface area contributed by atoms with E-state index in [-0.39, 0.29) is 0 Å². The number of para-hydroxylation sites is 4. The maximum absolute atomic E-state index is 5.24. The summed E-state index contributed by atoms with van der Waals surface area (Å²) >= 11 is 0. The third-order valence-electron chi connectivity index (χ3n) is 12.0. The Kier molecular flexibility index (Phi) is 19.5. The Morgan fingerprint density at radius 2 is 0.611 bits per heavy atom. The molecule has 0 N–H and O–H groups in total. The van der Waals surface area contributed by atoms with E-state index in [0.29, 0.717) is 0 Å². The first-order chi connectivity index (χ1) is 26.8. The molecule has 0 saturated heterocycles. The van der Waals surface area contributed by atoms with Crippen molar-refractivity contribution in [2.24, 2.45) is 9.98 Å². The molecular weight excluding hydrogens is 657 g/mol. The second-order valence-corrected chi connectivity index (χ2v) is 16.5. The fourth-order valence-electron chi connectivity index (χ4n) is 8.67. The van der Waals surface area contributed by atoms with Crippen LogP contribution in [-0.2, 0) is 0 Å². The molecule has 0 fully saturated rings. The summed E-state index contributed by atoms with van der Waals surface area (Å²) in [7, 11) is 0. The summed E-state index contributed by atoms with van der Waals surface area (Å²) < 4.78 is 0. The highest BCUT2D eigenvalue weighted by atomic mass is 15.2. The summed E-state index contributed by atoms with van der Waals surface area (Å²) in [5, 5.41) is 2.16. The topological polar surface area (TPSA) is 31.2 Å². The van der Waals surface area contributed by atoms with Crippen LogP contribution in [0.4, 0.5) is 34.1 Å². The van der Waals surface area contributed by atoms with Gasteiger partial charge in [-0.1, -0.05) is 205 Å². The molecule has 296 valence electrons. The van der Waals surface area contributed by atoms with Crippen LogP contribution in [-0.4, -0.2) is 13.1 Å². The van der Waals surface area contributed by atoms with E-state index in [1.165, 1.54) is 203 Å². The van der Waals surface area contributed by atoms with Crippen LogP contribution in [0.3, 0.4) is 0 Å². The number of anilines is 4. The van der Waals surface area contributed by atoms with Crippen molar-refractivity contribution in [2.75, 3.05) is 22.9 Å². The molecule has 0 aliphatic carbocycles. The molecule has 0 aromatic heterocycles. The predicted molar refractivity (Wildman–Crippen MR) is 236 cm³/mol. The lowest BCUT2D eigenvalue weighted by Crippen LogP contribution is -2.34. The molecule has 0 atom stereocenters. The molecule has 0 unspecified atom stereocenters. The number of unbranched alkanes of at least 4 members (excludes halogenated alkanes) is 26. The number of nitrogens with zero attached hydrogens (tertiary/aromatic N) is 4. The van der Waals surface area contributed by atoms with Crippen molar-refractivity contribution in [1.82, 2.24) is 0 Å². The number of rotatable bonds is 30. The molecule has 0 spiro atoms. The van der Waals surface area contributed by atoms with Gasteiger partial charge in [0.05, 0.1) is 44.8 Å². The van der Waals surface area contributed by atoms with Gasteiger partial charge in [0.2, 0.25) is 0 Å². The van der Waals surface area contributed by atoms with E-state index in [9.17, 15) is 0 Å². The molecule has 0 saturated carbocycles. The van der Waals surface area contributed by atoms with Crippen LogP contribution in [0.25, 0.3) is 0 Å². The average Bonchev–Trinajstić information content (AvgIpc) is 3.19. The summed E-state index contributed by atoms with van der Waals surface area (Å²) in [5.74, 6) is 0. The summed E-state index contributed by atoms with van der Waals surface area (Å²) in [6.45, 7) is 6.65. The maximum atomic E-state index is 5.24. The molecule has 2 heterocycles. The van der Waals surface area contributed by atoms with Gasteiger partial charge in [0.25, 0.3) is 0 Å². The van der Waals surface area contributed by atoms with Gasteiger partial charge in [0.15, 0.2) is 0 Å². The lowest BCUT2D eigenvalue weighted by atomic mass is 10.0. The molecule has 5 rings (SSSR count). The maximum Gasteiger partial charge on any atom is 0.0897 e. The Labute approximate surface area is 331 Å². The molecule has 0 radical (unpaired) electrons. The number of benzene rings is 3. The van der Waals surface area contributed by atoms with Crippen molar-refractivity contribution in [3.8, 4) is 0 Å². The summed E-state index contributed by atoms with van der Waals surface area (Å²) in [4.78, 5) is 15.5. The van der Waals surface area contributed by atoms with Gasteiger partial charge in [-0.05, 0) is 49.2 Å². The van der Waals surface area contributed by atoms with E-state index in [0.717, 1.165) is 35.2 Å². The zero-order valence-corrected chi connectivity index (χ0v) is 34.8. The zero-order chi connectivity index (χ0) is 37.5. The molecule has 0 bridgehead atoms. The fourth-order valence-corrected chi connectivity index (χ4v) is 8.67. The van der Waals surface area contributed by atoms with Crippen LogP contribution in [0.5, 0.6) is 0 Å². The first-order valence-electron chi connectivity index (χ1n) is 23.1. The second kappa shape index (κ2) is 25.1. The molecule has 4 heteroatoms. The summed E-state index contributed by atoms with van der Waals surface area (Å²) in [6.07, 6.45) is 38.8. The molecular formula is C50H76N4. The van der Waals surface area contributed by atoms with E-state index >= 15 is 0 Å². The SMILES string of the molecule is CCCCCCCCCCCCCCCCN1c2ccccc2N=c2cc3c(cc21)=Nc1ccccc1N3CCCCCCCCCCCCCCCC. The van der Waals surface area contributed by atoms with Crippen molar-refractivity contribution >= 4 is 34.1 Å². The third-order valence-corrected chi connectivity index (χ3v) is 12.0. The van der Waals surface area contributed by atoms with Crippen LogP contribution in [0, 0.1) is 0 Å². The van der Waals surface area contributed by atoms with Crippen LogP contribution in [0.15, 0.2) is 70.6 Å². The second-order valence-electron chi connectivity index (χ2n) is 16.5. The number of hydrogen-bond donors (Lipinski definition) is 0. The summed E-state index contributed by atoms with van der Waals surface area (Å²) in [6, 6.07) is 22.1. The Morgan fingerprint density at radius 3 is 0.926 bits per heavy atom. The Balaban J connectivity index is 1.10. The number of fused-ring (bicyclic) bond motifs is 4. The normalized spacial score (nSPS) is 12.9. The van der Waals surface area contributed by atoms with E-state index < -0.39 is 0 Å². The van der Waals surface area contributed by atoms with E-state index in [1.54, 1.807) is 0 Å². The smallest absolute Gasteiger partial charge is 0.0897 e. The van der Waals surface area contributed by atoms with Crippen LogP contribution < -0.4 is 20.5 Å². The van der Waals surface area contributed by atoms with Crippen LogP contribution in [0.1, 0.15) is 194 Å². The Hall–Kier alpha value is -3.14. The van der Waals surface area contributed by atoms with Gasteiger partial charge < -0.3 is 9.80 Å². The summed E-state index contributed by atoms with van der Waals surface area (Å²) in [5.41, 5.74) is 7.05. The molecule has 2 aliphatic rings. The Bertz CT molecular complexity index is 1480. The van der Waals surface area contributed by atoms with Crippen LogP contribution in [0.2, 0.25) is 0 Å². The quantitative estimate of drug-likeness (QED) is 0.0639. The number of hydrogen-bond acceptors (Lipinski definition) is 4. The lowest BCUT2D eigenvalue weighted by molar-refractivity contribution is 0.536.